The van der Waals surface area contributed by atoms with E-state index < -0.39 is 10.0 Å². The van der Waals surface area contributed by atoms with Crippen molar-refractivity contribution in [1.82, 2.24) is 10.2 Å². The molecule has 0 fully saturated rings. The molecule has 1 heterocycles. The van der Waals surface area contributed by atoms with Crippen LogP contribution >= 0.6 is 0 Å². The van der Waals surface area contributed by atoms with Crippen LogP contribution in [0.15, 0.2) is 23.2 Å². The van der Waals surface area contributed by atoms with E-state index >= 15 is 0 Å². The van der Waals surface area contributed by atoms with E-state index in [0.29, 0.717) is 11.4 Å². The standard InChI is InChI=1S/C13H17N3O3S/c1-8-4-9(2)6-11(5-8)16-20(18,19)13-12(7-17)10(3)14-15-13/h4-6,16-17H,7H2,1-3H3,(H,14,15). The molecule has 0 atom stereocenters. The van der Waals surface area contributed by atoms with Gasteiger partial charge in [-0.3, -0.25) is 9.82 Å². The van der Waals surface area contributed by atoms with E-state index in [1.807, 2.05) is 19.9 Å². The summed E-state index contributed by atoms with van der Waals surface area (Å²) < 4.78 is 27.1. The minimum atomic E-state index is -3.82. The Morgan fingerprint density at radius 3 is 2.35 bits per heavy atom. The fourth-order valence-corrected chi connectivity index (χ4v) is 3.31. The van der Waals surface area contributed by atoms with Crippen LogP contribution in [0.4, 0.5) is 5.69 Å². The van der Waals surface area contributed by atoms with Crippen molar-refractivity contribution >= 4 is 15.7 Å². The second kappa shape index (κ2) is 5.26. The van der Waals surface area contributed by atoms with Gasteiger partial charge in [0.25, 0.3) is 10.0 Å². The number of hydrogen-bond acceptors (Lipinski definition) is 4. The number of aryl methyl sites for hydroxylation is 3. The summed E-state index contributed by atoms with van der Waals surface area (Å²) in [5.41, 5.74) is 3.22. The molecular formula is C13H17N3O3S. The maximum atomic E-state index is 12.3. The summed E-state index contributed by atoms with van der Waals surface area (Å²) >= 11 is 0. The third-order valence-corrected chi connectivity index (χ3v) is 4.27. The molecule has 1 aromatic heterocycles. The van der Waals surface area contributed by atoms with Gasteiger partial charge in [0.05, 0.1) is 6.61 Å². The van der Waals surface area contributed by atoms with Crippen LogP contribution in [-0.4, -0.2) is 23.7 Å². The molecule has 0 unspecified atom stereocenters. The van der Waals surface area contributed by atoms with E-state index in [9.17, 15) is 13.5 Å². The molecule has 6 nitrogen and oxygen atoms in total. The lowest BCUT2D eigenvalue weighted by atomic mass is 10.1. The van der Waals surface area contributed by atoms with Crippen molar-refractivity contribution in [3.05, 3.63) is 40.6 Å². The number of hydrogen-bond donors (Lipinski definition) is 3. The minimum absolute atomic E-state index is 0.170. The van der Waals surface area contributed by atoms with Gasteiger partial charge in [0, 0.05) is 16.9 Å². The predicted molar refractivity (Wildman–Crippen MR) is 76.0 cm³/mol. The van der Waals surface area contributed by atoms with Crippen LogP contribution in [-0.2, 0) is 16.6 Å². The van der Waals surface area contributed by atoms with E-state index in [4.69, 9.17) is 0 Å². The van der Waals surface area contributed by atoms with Gasteiger partial charge in [0.1, 0.15) is 0 Å². The third-order valence-electron chi connectivity index (χ3n) is 2.92. The number of benzene rings is 1. The van der Waals surface area contributed by atoms with E-state index in [-0.39, 0.29) is 17.2 Å². The molecule has 2 rings (SSSR count). The highest BCUT2D eigenvalue weighted by Crippen LogP contribution is 2.21. The molecular weight excluding hydrogens is 278 g/mol. The van der Waals surface area contributed by atoms with Crippen LogP contribution < -0.4 is 4.72 Å². The zero-order valence-electron chi connectivity index (χ0n) is 11.6. The molecule has 0 radical (unpaired) electrons. The number of aromatic nitrogens is 2. The zero-order chi connectivity index (χ0) is 14.9. The van der Waals surface area contributed by atoms with Crippen molar-refractivity contribution in [3.63, 3.8) is 0 Å². The highest BCUT2D eigenvalue weighted by molar-refractivity contribution is 7.92. The normalized spacial score (nSPS) is 11.6. The Kier molecular flexibility index (Phi) is 3.82. The molecule has 0 aliphatic heterocycles. The first-order chi connectivity index (χ1) is 9.33. The lowest BCUT2D eigenvalue weighted by Gasteiger charge is -2.09. The molecule has 0 spiro atoms. The number of nitrogens with one attached hydrogen (secondary N) is 2. The Morgan fingerprint density at radius 2 is 1.80 bits per heavy atom. The molecule has 0 saturated heterocycles. The number of H-pyrrole nitrogens is 1. The first-order valence-electron chi connectivity index (χ1n) is 6.09. The SMILES string of the molecule is Cc1cc(C)cc(NS(=O)(=O)c2n[nH]c(C)c2CO)c1. The number of sulfonamides is 1. The Hall–Kier alpha value is -1.86. The summed E-state index contributed by atoms with van der Waals surface area (Å²) in [6.07, 6.45) is 0. The number of anilines is 1. The molecule has 0 aliphatic carbocycles. The lowest BCUT2D eigenvalue weighted by molar-refractivity contribution is 0.277. The van der Waals surface area contributed by atoms with Crippen LogP contribution in [0.5, 0.6) is 0 Å². The molecule has 1 aromatic carbocycles. The quantitative estimate of drug-likeness (QED) is 0.799. The Bertz CT molecular complexity index is 715. The summed E-state index contributed by atoms with van der Waals surface area (Å²) in [5, 5.41) is 15.4. The van der Waals surface area contributed by atoms with Gasteiger partial charge < -0.3 is 5.11 Å². The van der Waals surface area contributed by atoms with Gasteiger partial charge in [-0.05, 0) is 44.0 Å². The van der Waals surface area contributed by atoms with Crippen molar-refractivity contribution in [1.29, 1.82) is 0 Å². The lowest BCUT2D eigenvalue weighted by Crippen LogP contribution is -2.15. The fourth-order valence-electron chi connectivity index (χ4n) is 2.08. The average Bonchev–Trinajstić information content (AvgIpc) is 2.68. The van der Waals surface area contributed by atoms with Crippen LogP contribution in [0.25, 0.3) is 0 Å². The predicted octanol–water partition coefficient (Wildman–Crippen LogP) is 1.63. The summed E-state index contributed by atoms with van der Waals surface area (Å²) in [5.74, 6) is 0. The van der Waals surface area contributed by atoms with Crippen molar-refractivity contribution in [2.24, 2.45) is 0 Å². The minimum Gasteiger partial charge on any atom is -0.392 e. The summed E-state index contributed by atoms with van der Waals surface area (Å²) in [4.78, 5) is 0. The Balaban J connectivity index is 2.40. The third kappa shape index (κ3) is 2.83. The van der Waals surface area contributed by atoms with E-state index in [1.54, 1.807) is 19.1 Å². The molecule has 2 aromatic rings. The van der Waals surface area contributed by atoms with Crippen molar-refractivity contribution < 1.29 is 13.5 Å². The number of aromatic amines is 1. The number of aliphatic hydroxyl groups excluding tert-OH is 1. The molecule has 108 valence electrons. The van der Waals surface area contributed by atoms with Gasteiger partial charge in [0.2, 0.25) is 5.03 Å². The molecule has 0 bridgehead atoms. The molecule has 20 heavy (non-hydrogen) atoms. The number of nitrogens with zero attached hydrogens (tertiary/aromatic N) is 1. The molecule has 0 amide bonds. The summed E-state index contributed by atoms with van der Waals surface area (Å²) in [7, 11) is -3.82. The monoisotopic (exact) mass is 295 g/mol. The molecule has 0 saturated carbocycles. The first-order valence-corrected chi connectivity index (χ1v) is 7.57. The van der Waals surface area contributed by atoms with Crippen molar-refractivity contribution in [3.8, 4) is 0 Å². The number of aliphatic hydroxyl groups is 1. The second-order valence-corrected chi connectivity index (χ2v) is 6.37. The van der Waals surface area contributed by atoms with Crippen LogP contribution in [0.1, 0.15) is 22.4 Å². The maximum Gasteiger partial charge on any atom is 0.281 e. The van der Waals surface area contributed by atoms with Crippen LogP contribution in [0, 0.1) is 20.8 Å². The molecule has 3 N–H and O–H groups in total. The zero-order valence-corrected chi connectivity index (χ0v) is 12.4. The van der Waals surface area contributed by atoms with E-state index in [1.165, 1.54) is 0 Å². The van der Waals surface area contributed by atoms with Crippen molar-refractivity contribution in [2.75, 3.05) is 4.72 Å². The van der Waals surface area contributed by atoms with Gasteiger partial charge in [-0.2, -0.15) is 13.5 Å². The summed E-state index contributed by atoms with van der Waals surface area (Å²) in [6, 6.07) is 5.43. The van der Waals surface area contributed by atoms with E-state index in [2.05, 4.69) is 14.9 Å². The molecule has 7 heteroatoms. The van der Waals surface area contributed by atoms with Crippen LogP contribution in [0.2, 0.25) is 0 Å². The highest BCUT2D eigenvalue weighted by Gasteiger charge is 2.23. The largest absolute Gasteiger partial charge is 0.392 e. The average molecular weight is 295 g/mol. The van der Waals surface area contributed by atoms with E-state index in [0.717, 1.165) is 11.1 Å². The smallest absolute Gasteiger partial charge is 0.281 e. The summed E-state index contributed by atoms with van der Waals surface area (Å²) in [6.45, 7) is 5.06. The van der Waals surface area contributed by atoms with Crippen LogP contribution in [0.3, 0.4) is 0 Å². The highest BCUT2D eigenvalue weighted by atomic mass is 32.2. The second-order valence-electron chi connectivity index (χ2n) is 4.77. The van der Waals surface area contributed by atoms with Gasteiger partial charge in [-0.25, -0.2) is 0 Å². The van der Waals surface area contributed by atoms with Gasteiger partial charge in [-0.1, -0.05) is 6.07 Å². The topological polar surface area (TPSA) is 95.1 Å². The number of rotatable bonds is 4. The Morgan fingerprint density at radius 1 is 1.20 bits per heavy atom. The van der Waals surface area contributed by atoms with Crippen molar-refractivity contribution in [2.45, 2.75) is 32.4 Å². The first kappa shape index (κ1) is 14.5. The maximum absolute atomic E-state index is 12.3. The molecule has 0 aliphatic rings. The fraction of sp³-hybridized carbons (Fsp3) is 0.308. The van der Waals surface area contributed by atoms with Gasteiger partial charge in [-0.15, -0.1) is 0 Å². The van der Waals surface area contributed by atoms with Gasteiger partial charge in [0.15, 0.2) is 0 Å². The Labute approximate surface area is 117 Å². The van der Waals surface area contributed by atoms with Gasteiger partial charge >= 0.3 is 0 Å².